The fourth-order valence-electron chi connectivity index (χ4n) is 1.78. The van der Waals surface area contributed by atoms with Crippen molar-refractivity contribution < 1.29 is 12.6 Å². The fraction of sp³-hybridized carbons (Fsp3) is 0.308. The van der Waals surface area contributed by atoms with Crippen LogP contribution in [-0.2, 0) is 14.3 Å². The van der Waals surface area contributed by atoms with Crippen molar-refractivity contribution in [1.82, 2.24) is 4.98 Å². The highest BCUT2D eigenvalue weighted by Gasteiger charge is 2.17. The molecular weight excluding hydrogens is 282 g/mol. The minimum Gasteiger partial charge on any atom is -0.267 e. The normalized spacial score (nSPS) is 11.7. The summed E-state index contributed by atoms with van der Waals surface area (Å²) >= 11 is 1.50. The van der Waals surface area contributed by atoms with E-state index in [0.717, 1.165) is 21.7 Å². The summed E-state index contributed by atoms with van der Waals surface area (Å²) in [6.07, 6.45) is 0. The average Bonchev–Trinajstić information content (AvgIpc) is 2.75. The lowest BCUT2D eigenvalue weighted by Crippen LogP contribution is -2.06. The van der Waals surface area contributed by atoms with Crippen molar-refractivity contribution >= 4 is 21.5 Å². The van der Waals surface area contributed by atoms with Crippen molar-refractivity contribution in [2.75, 3.05) is 6.61 Å². The number of hydrogen-bond donors (Lipinski definition) is 0. The van der Waals surface area contributed by atoms with Crippen molar-refractivity contribution in [2.24, 2.45) is 0 Å². The molecule has 1 aromatic heterocycles. The monoisotopic (exact) mass is 297 g/mol. The van der Waals surface area contributed by atoms with E-state index in [1.807, 2.05) is 13.8 Å². The third-order valence-corrected chi connectivity index (χ3v) is 5.10. The maximum absolute atomic E-state index is 11.9. The van der Waals surface area contributed by atoms with Crippen molar-refractivity contribution in [3.8, 4) is 10.4 Å². The summed E-state index contributed by atoms with van der Waals surface area (Å²) in [5, 5.41) is 0. The van der Waals surface area contributed by atoms with Gasteiger partial charge in [0.15, 0.2) is 0 Å². The van der Waals surface area contributed by atoms with Crippen LogP contribution >= 0.6 is 11.3 Å². The Labute approximate surface area is 117 Å². The van der Waals surface area contributed by atoms with Gasteiger partial charge in [0.05, 0.1) is 27.6 Å². The van der Waals surface area contributed by atoms with Gasteiger partial charge in [-0.05, 0) is 44.0 Å². The molecule has 0 aliphatic rings. The highest BCUT2D eigenvalue weighted by molar-refractivity contribution is 7.86. The van der Waals surface area contributed by atoms with Crippen LogP contribution in [0.1, 0.15) is 18.2 Å². The minimum atomic E-state index is -3.67. The van der Waals surface area contributed by atoms with Crippen molar-refractivity contribution in [3.05, 3.63) is 35.0 Å². The van der Waals surface area contributed by atoms with Crippen LogP contribution in [0.25, 0.3) is 10.4 Å². The van der Waals surface area contributed by atoms with E-state index < -0.39 is 10.1 Å². The summed E-state index contributed by atoms with van der Waals surface area (Å²) in [7, 11) is -3.67. The Bertz CT molecular complexity index is 690. The first kappa shape index (κ1) is 14.2. The van der Waals surface area contributed by atoms with E-state index >= 15 is 0 Å². The fourth-order valence-corrected chi connectivity index (χ4v) is 3.61. The maximum Gasteiger partial charge on any atom is 0.296 e. The Morgan fingerprint density at radius 3 is 2.63 bits per heavy atom. The molecule has 0 unspecified atom stereocenters. The van der Waals surface area contributed by atoms with E-state index in [4.69, 9.17) is 4.18 Å². The SMILES string of the molecule is CCOS(=O)(=O)c1ccc(C)c(-c2scnc2C)c1. The van der Waals surface area contributed by atoms with Gasteiger partial charge in [0.1, 0.15) is 0 Å². The van der Waals surface area contributed by atoms with E-state index in [1.54, 1.807) is 30.6 Å². The van der Waals surface area contributed by atoms with E-state index in [2.05, 4.69) is 4.98 Å². The Morgan fingerprint density at radius 1 is 1.32 bits per heavy atom. The zero-order valence-electron chi connectivity index (χ0n) is 11.0. The van der Waals surface area contributed by atoms with Crippen LogP contribution in [-0.4, -0.2) is 20.0 Å². The summed E-state index contributed by atoms with van der Waals surface area (Å²) in [6.45, 7) is 5.64. The summed E-state index contributed by atoms with van der Waals surface area (Å²) in [6, 6.07) is 5.02. The summed E-state index contributed by atoms with van der Waals surface area (Å²) < 4.78 is 28.6. The second kappa shape index (κ2) is 5.40. The second-order valence-electron chi connectivity index (χ2n) is 4.10. The molecule has 0 radical (unpaired) electrons. The van der Waals surface area contributed by atoms with Crippen LogP contribution in [0.5, 0.6) is 0 Å². The highest BCUT2D eigenvalue weighted by atomic mass is 32.2. The van der Waals surface area contributed by atoms with E-state index in [1.165, 1.54) is 11.3 Å². The number of benzene rings is 1. The predicted molar refractivity (Wildman–Crippen MR) is 75.8 cm³/mol. The van der Waals surface area contributed by atoms with Crippen molar-refractivity contribution in [1.29, 1.82) is 0 Å². The molecule has 0 bridgehead atoms. The average molecular weight is 297 g/mol. The molecule has 2 aromatic rings. The van der Waals surface area contributed by atoms with Crippen LogP contribution in [0.3, 0.4) is 0 Å². The van der Waals surface area contributed by atoms with Crippen LogP contribution in [0, 0.1) is 13.8 Å². The molecular formula is C13H15NO3S2. The zero-order chi connectivity index (χ0) is 14.0. The maximum atomic E-state index is 11.9. The molecule has 0 atom stereocenters. The molecule has 1 aromatic carbocycles. The number of nitrogens with zero attached hydrogens (tertiary/aromatic N) is 1. The van der Waals surface area contributed by atoms with Gasteiger partial charge in [-0.2, -0.15) is 8.42 Å². The number of thiazole rings is 1. The van der Waals surface area contributed by atoms with Gasteiger partial charge < -0.3 is 0 Å². The molecule has 4 nitrogen and oxygen atoms in total. The first-order chi connectivity index (χ1) is 8.95. The Balaban J connectivity index is 2.56. The highest BCUT2D eigenvalue weighted by Crippen LogP contribution is 2.32. The molecule has 0 saturated carbocycles. The molecule has 2 rings (SSSR count). The summed E-state index contributed by atoms with van der Waals surface area (Å²) in [5.41, 5.74) is 4.57. The molecule has 0 spiro atoms. The Hall–Kier alpha value is -1.24. The van der Waals surface area contributed by atoms with Crippen LogP contribution in [0.4, 0.5) is 0 Å². The van der Waals surface area contributed by atoms with Crippen LogP contribution in [0.2, 0.25) is 0 Å². The number of hydrogen-bond acceptors (Lipinski definition) is 5. The molecule has 6 heteroatoms. The van der Waals surface area contributed by atoms with Gasteiger partial charge in [-0.1, -0.05) is 6.07 Å². The molecule has 102 valence electrons. The predicted octanol–water partition coefficient (Wildman–Crippen LogP) is 3.15. The lowest BCUT2D eigenvalue weighted by Gasteiger charge is -2.08. The van der Waals surface area contributed by atoms with E-state index in [9.17, 15) is 8.42 Å². The molecule has 0 aliphatic carbocycles. The topological polar surface area (TPSA) is 56.3 Å². The molecule has 0 N–H and O–H groups in total. The minimum absolute atomic E-state index is 0.130. The first-order valence-electron chi connectivity index (χ1n) is 5.86. The van der Waals surface area contributed by atoms with E-state index in [-0.39, 0.29) is 11.5 Å². The summed E-state index contributed by atoms with van der Waals surface area (Å²) in [4.78, 5) is 5.37. The first-order valence-corrected chi connectivity index (χ1v) is 8.15. The van der Waals surface area contributed by atoms with Crippen molar-refractivity contribution in [2.45, 2.75) is 25.7 Å². The molecule has 0 aliphatic heterocycles. The van der Waals surface area contributed by atoms with Crippen molar-refractivity contribution in [3.63, 3.8) is 0 Å². The zero-order valence-corrected chi connectivity index (χ0v) is 12.6. The number of rotatable bonds is 4. The van der Waals surface area contributed by atoms with Crippen LogP contribution in [0.15, 0.2) is 28.6 Å². The lowest BCUT2D eigenvalue weighted by molar-refractivity contribution is 0.338. The standard InChI is InChI=1S/C13H15NO3S2/c1-4-17-19(15,16)11-6-5-9(2)12(7-11)13-10(3)14-8-18-13/h5-8H,4H2,1-3H3. The van der Waals surface area contributed by atoms with Gasteiger partial charge in [0.2, 0.25) is 0 Å². The quantitative estimate of drug-likeness (QED) is 0.813. The molecule has 1 heterocycles. The largest absolute Gasteiger partial charge is 0.296 e. The number of aryl methyl sites for hydroxylation is 2. The molecule has 0 fully saturated rings. The lowest BCUT2D eigenvalue weighted by atomic mass is 10.1. The summed E-state index contributed by atoms with van der Waals surface area (Å²) in [5.74, 6) is 0. The van der Waals surface area contributed by atoms with Gasteiger partial charge in [-0.25, -0.2) is 4.98 Å². The van der Waals surface area contributed by atoms with Gasteiger partial charge in [-0.3, -0.25) is 4.18 Å². The van der Waals surface area contributed by atoms with Gasteiger partial charge >= 0.3 is 0 Å². The molecule has 0 amide bonds. The third kappa shape index (κ3) is 2.86. The molecule has 19 heavy (non-hydrogen) atoms. The number of aromatic nitrogens is 1. The third-order valence-electron chi connectivity index (χ3n) is 2.76. The van der Waals surface area contributed by atoms with Gasteiger partial charge in [-0.15, -0.1) is 11.3 Å². The Kier molecular flexibility index (Phi) is 4.03. The molecule has 0 saturated heterocycles. The Morgan fingerprint density at radius 2 is 2.05 bits per heavy atom. The second-order valence-corrected chi connectivity index (χ2v) is 6.57. The van der Waals surface area contributed by atoms with Gasteiger partial charge in [0.25, 0.3) is 10.1 Å². The van der Waals surface area contributed by atoms with E-state index in [0.29, 0.717) is 0 Å². The van der Waals surface area contributed by atoms with Gasteiger partial charge in [0, 0.05) is 0 Å². The van der Waals surface area contributed by atoms with Crippen LogP contribution < -0.4 is 0 Å². The smallest absolute Gasteiger partial charge is 0.267 e.